The Kier molecular flexibility index (Phi) is 7.67. The molecule has 196 valence electrons. The van der Waals surface area contributed by atoms with Crippen LogP contribution in [-0.2, 0) is 18.4 Å². The zero-order valence-electron chi connectivity index (χ0n) is 21.5. The second-order valence-corrected chi connectivity index (χ2v) is 9.87. The van der Waals surface area contributed by atoms with Crippen LogP contribution in [0.5, 0.6) is 11.5 Å². The molecule has 0 spiro atoms. The summed E-state index contributed by atoms with van der Waals surface area (Å²) in [5.41, 5.74) is 4.65. The van der Waals surface area contributed by atoms with Crippen molar-refractivity contribution < 1.29 is 14.3 Å². The molecule has 1 unspecified atom stereocenters. The van der Waals surface area contributed by atoms with Crippen LogP contribution in [-0.4, -0.2) is 38.3 Å². The van der Waals surface area contributed by atoms with Gasteiger partial charge in [0.1, 0.15) is 0 Å². The lowest BCUT2D eigenvalue weighted by Crippen LogP contribution is -2.51. The Hall–Kier alpha value is -3.81. The van der Waals surface area contributed by atoms with Crippen molar-refractivity contribution in [2.45, 2.75) is 24.8 Å². The van der Waals surface area contributed by atoms with Gasteiger partial charge in [-0.05, 0) is 72.4 Å². The van der Waals surface area contributed by atoms with Crippen molar-refractivity contribution in [1.82, 2.24) is 15.6 Å². The van der Waals surface area contributed by atoms with Gasteiger partial charge in [-0.25, -0.2) is 4.79 Å². The summed E-state index contributed by atoms with van der Waals surface area (Å²) in [6.07, 6.45) is 3.97. The minimum Gasteiger partial charge on any atom is -0.493 e. The number of halogens is 1. The molecule has 38 heavy (non-hydrogen) atoms. The number of hydrogen-bond acceptors (Lipinski definition) is 5. The van der Waals surface area contributed by atoms with Crippen LogP contribution >= 0.6 is 11.6 Å². The normalized spacial score (nSPS) is 16.5. The number of nitrogens with zero attached hydrogens (tertiary/aromatic N) is 1. The molecule has 7 nitrogen and oxygen atoms in total. The van der Waals surface area contributed by atoms with Crippen molar-refractivity contribution in [2.75, 3.05) is 32.6 Å². The standard InChI is InChI=1S/C30H31ClN4O3/c1-37-27-17-21-11-15-34-30(24(21)18-28(27)38-2,19-20-7-9-22(31)10-8-20)13-16-33-29(36)35-26-12-14-32-25-6-4-3-5-23(25)26/h3-10,12,14,17-18,34H,11,13,15-16,19H2,1-2H3,(H2,32,33,35,36). The molecule has 0 saturated carbocycles. The Balaban J connectivity index is 1.39. The maximum atomic E-state index is 12.9. The predicted octanol–water partition coefficient (Wildman–Crippen LogP) is 5.70. The first-order chi connectivity index (χ1) is 18.5. The summed E-state index contributed by atoms with van der Waals surface area (Å²) in [6, 6.07) is 21.3. The number of para-hydroxylation sites is 1. The quantitative estimate of drug-likeness (QED) is 0.272. The van der Waals surface area contributed by atoms with Gasteiger partial charge in [-0.15, -0.1) is 0 Å². The van der Waals surface area contributed by atoms with Crippen LogP contribution in [0, 0.1) is 0 Å². The van der Waals surface area contributed by atoms with Crippen molar-refractivity contribution >= 4 is 34.2 Å². The molecule has 1 atom stereocenters. The van der Waals surface area contributed by atoms with Gasteiger partial charge in [-0.1, -0.05) is 41.9 Å². The number of carbonyl (C=O) groups excluding carboxylic acids is 1. The van der Waals surface area contributed by atoms with Crippen molar-refractivity contribution in [3.8, 4) is 11.5 Å². The molecule has 2 heterocycles. The lowest BCUT2D eigenvalue weighted by atomic mass is 9.75. The van der Waals surface area contributed by atoms with Gasteiger partial charge < -0.3 is 25.4 Å². The van der Waals surface area contributed by atoms with Crippen LogP contribution in [0.1, 0.15) is 23.1 Å². The highest BCUT2D eigenvalue weighted by molar-refractivity contribution is 6.30. The van der Waals surface area contributed by atoms with Gasteiger partial charge in [0.25, 0.3) is 0 Å². The third-order valence-electron chi connectivity index (χ3n) is 7.14. The fourth-order valence-electron chi connectivity index (χ4n) is 5.29. The van der Waals surface area contributed by atoms with Crippen molar-refractivity contribution in [1.29, 1.82) is 0 Å². The molecule has 1 aliphatic heterocycles. The van der Waals surface area contributed by atoms with Gasteiger partial charge in [0.15, 0.2) is 11.5 Å². The highest BCUT2D eigenvalue weighted by Gasteiger charge is 2.37. The fourth-order valence-corrected chi connectivity index (χ4v) is 5.41. The second kappa shape index (κ2) is 11.3. The third-order valence-corrected chi connectivity index (χ3v) is 7.39. The minimum absolute atomic E-state index is 0.258. The topological polar surface area (TPSA) is 84.5 Å². The fraction of sp³-hybridized carbons (Fsp3) is 0.267. The zero-order valence-corrected chi connectivity index (χ0v) is 22.3. The Bertz CT molecular complexity index is 1440. The summed E-state index contributed by atoms with van der Waals surface area (Å²) in [4.78, 5) is 17.3. The van der Waals surface area contributed by atoms with Gasteiger partial charge in [0.05, 0.1) is 25.4 Å². The molecule has 1 aromatic heterocycles. The van der Waals surface area contributed by atoms with Gasteiger partial charge >= 0.3 is 6.03 Å². The summed E-state index contributed by atoms with van der Waals surface area (Å²) in [7, 11) is 3.30. The number of hydrogen-bond donors (Lipinski definition) is 3. The molecular formula is C30H31ClN4O3. The SMILES string of the molecule is COc1cc2c(cc1OC)C(CCNC(=O)Nc1ccnc3ccccc13)(Cc1ccc(Cl)cc1)NCC2. The predicted molar refractivity (Wildman–Crippen MR) is 151 cm³/mol. The number of aromatic nitrogens is 1. The number of ether oxygens (including phenoxy) is 2. The number of nitrogens with one attached hydrogen (secondary N) is 3. The van der Waals surface area contributed by atoms with Crippen molar-refractivity contribution in [3.05, 3.63) is 94.6 Å². The zero-order chi connectivity index (χ0) is 26.5. The molecule has 8 heteroatoms. The van der Waals surface area contributed by atoms with Gasteiger partial charge in [0.2, 0.25) is 0 Å². The summed E-state index contributed by atoms with van der Waals surface area (Å²) < 4.78 is 11.2. The number of anilines is 1. The Morgan fingerprint density at radius 1 is 1.05 bits per heavy atom. The largest absolute Gasteiger partial charge is 0.493 e. The summed E-state index contributed by atoms with van der Waals surface area (Å²) in [5, 5.41) is 11.4. The number of benzene rings is 3. The van der Waals surface area contributed by atoms with Crippen molar-refractivity contribution in [2.24, 2.45) is 0 Å². The van der Waals surface area contributed by atoms with Crippen LogP contribution in [0.15, 0.2) is 72.9 Å². The molecule has 0 bridgehead atoms. The highest BCUT2D eigenvalue weighted by Crippen LogP contribution is 2.41. The molecule has 0 radical (unpaired) electrons. The summed E-state index contributed by atoms with van der Waals surface area (Å²) in [6.45, 7) is 1.27. The van der Waals surface area contributed by atoms with Gasteiger partial charge in [-0.2, -0.15) is 0 Å². The molecule has 3 aromatic carbocycles. The van der Waals surface area contributed by atoms with E-state index < -0.39 is 5.54 Å². The van der Waals surface area contributed by atoms with Crippen molar-refractivity contribution in [3.63, 3.8) is 0 Å². The minimum atomic E-state index is -0.419. The van der Waals surface area contributed by atoms with Crippen LogP contribution in [0.3, 0.4) is 0 Å². The molecule has 3 N–H and O–H groups in total. The number of urea groups is 1. The van der Waals surface area contributed by atoms with E-state index in [2.05, 4.69) is 45.2 Å². The average Bonchev–Trinajstić information content (AvgIpc) is 2.94. The molecule has 1 aliphatic rings. The molecule has 4 aromatic rings. The third kappa shape index (κ3) is 5.39. The van der Waals surface area contributed by atoms with Gasteiger partial charge in [-0.3, -0.25) is 4.98 Å². The number of fused-ring (bicyclic) bond motifs is 2. The average molecular weight is 531 g/mol. The lowest BCUT2D eigenvalue weighted by molar-refractivity contribution is 0.246. The number of carbonyl (C=O) groups is 1. The molecular weight excluding hydrogens is 500 g/mol. The van der Waals surface area contributed by atoms with E-state index in [0.717, 1.165) is 52.9 Å². The number of pyridine rings is 1. The molecule has 0 aliphatic carbocycles. The number of amides is 2. The molecule has 5 rings (SSSR count). The van der Waals surface area contributed by atoms with Crippen LogP contribution in [0.2, 0.25) is 5.02 Å². The maximum Gasteiger partial charge on any atom is 0.319 e. The van der Waals surface area contributed by atoms with E-state index in [1.54, 1.807) is 20.4 Å². The first-order valence-corrected chi connectivity index (χ1v) is 13.0. The van der Waals surface area contributed by atoms with E-state index >= 15 is 0 Å². The lowest BCUT2D eigenvalue weighted by Gasteiger charge is -2.41. The van der Waals surface area contributed by atoms with Crippen LogP contribution in [0.4, 0.5) is 10.5 Å². The monoisotopic (exact) mass is 530 g/mol. The highest BCUT2D eigenvalue weighted by atomic mass is 35.5. The van der Waals surface area contributed by atoms with Gasteiger partial charge in [0, 0.05) is 35.2 Å². The van der Waals surface area contributed by atoms with Crippen LogP contribution < -0.4 is 25.4 Å². The van der Waals surface area contributed by atoms with E-state index in [0.29, 0.717) is 23.7 Å². The number of rotatable bonds is 8. The molecule has 0 fully saturated rings. The van der Waals surface area contributed by atoms with E-state index in [1.807, 2.05) is 42.5 Å². The smallest absolute Gasteiger partial charge is 0.319 e. The maximum absolute atomic E-state index is 12.9. The Morgan fingerprint density at radius 2 is 1.82 bits per heavy atom. The van der Waals surface area contributed by atoms with E-state index in [1.165, 1.54) is 5.56 Å². The molecule has 2 amide bonds. The summed E-state index contributed by atoms with van der Waals surface area (Å²) >= 11 is 6.16. The van der Waals surface area contributed by atoms with E-state index in [-0.39, 0.29) is 6.03 Å². The Labute approximate surface area is 227 Å². The first-order valence-electron chi connectivity index (χ1n) is 12.6. The summed E-state index contributed by atoms with van der Waals surface area (Å²) in [5.74, 6) is 1.40. The van der Waals surface area contributed by atoms with E-state index in [4.69, 9.17) is 21.1 Å². The second-order valence-electron chi connectivity index (χ2n) is 9.43. The Morgan fingerprint density at radius 3 is 2.61 bits per heavy atom. The first kappa shape index (κ1) is 25.8. The van der Waals surface area contributed by atoms with Crippen LogP contribution in [0.25, 0.3) is 10.9 Å². The van der Waals surface area contributed by atoms with E-state index in [9.17, 15) is 4.79 Å². The molecule has 0 saturated heterocycles. The number of methoxy groups -OCH3 is 2.